The summed E-state index contributed by atoms with van der Waals surface area (Å²) in [6.45, 7) is 3.11. The summed E-state index contributed by atoms with van der Waals surface area (Å²) < 4.78 is 0. The number of pyridine rings is 1. The molecule has 0 amide bonds. The van der Waals surface area contributed by atoms with Crippen LogP contribution >= 0.6 is 0 Å². The lowest BCUT2D eigenvalue weighted by Gasteiger charge is -2.08. The Labute approximate surface area is 121 Å². The number of aromatic nitrogens is 3. The Hall–Kier alpha value is -2.77. The van der Waals surface area contributed by atoms with E-state index in [1.165, 1.54) is 6.07 Å². The zero-order chi connectivity index (χ0) is 15.1. The first-order valence-corrected chi connectivity index (χ1v) is 6.60. The Balaban J connectivity index is 2.16. The van der Waals surface area contributed by atoms with Crippen molar-refractivity contribution >= 4 is 17.3 Å². The summed E-state index contributed by atoms with van der Waals surface area (Å²) in [4.78, 5) is 14.8. The molecule has 110 valence electrons. The van der Waals surface area contributed by atoms with E-state index in [-0.39, 0.29) is 11.5 Å². The zero-order valence-electron chi connectivity index (χ0n) is 11.6. The Morgan fingerprint density at radius 2 is 2.14 bits per heavy atom. The van der Waals surface area contributed by atoms with Crippen molar-refractivity contribution in [2.24, 2.45) is 0 Å². The summed E-state index contributed by atoms with van der Waals surface area (Å²) in [6.07, 6.45) is 2.51. The minimum atomic E-state index is -0.463. The fourth-order valence-electron chi connectivity index (χ4n) is 1.68. The average Bonchev–Trinajstić information content (AvgIpc) is 2.51. The second-order valence-electron chi connectivity index (χ2n) is 4.32. The minimum Gasteiger partial charge on any atom is -0.370 e. The SMILES string of the molecule is CCCNc1ccc([N+](=O)[O-])c(NCc2cccnn2)n1. The molecule has 0 spiro atoms. The van der Waals surface area contributed by atoms with Gasteiger partial charge in [-0.05, 0) is 24.6 Å². The van der Waals surface area contributed by atoms with Crippen LogP contribution in [0.25, 0.3) is 0 Å². The lowest BCUT2D eigenvalue weighted by atomic mass is 10.3. The molecular weight excluding hydrogens is 272 g/mol. The van der Waals surface area contributed by atoms with Crippen LogP contribution in [0.5, 0.6) is 0 Å². The van der Waals surface area contributed by atoms with Crippen molar-refractivity contribution in [2.45, 2.75) is 19.9 Å². The largest absolute Gasteiger partial charge is 0.370 e. The second-order valence-corrected chi connectivity index (χ2v) is 4.32. The number of nitrogens with one attached hydrogen (secondary N) is 2. The van der Waals surface area contributed by atoms with Gasteiger partial charge in [0, 0.05) is 18.8 Å². The molecule has 21 heavy (non-hydrogen) atoms. The molecule has 2 aromatic rings. The van der Waals surface area contributed by atoms with E-state index in [0.29, 0.717) is 18.1 Å². The van der Waals surface area contributed by atoms with Crippen LogP contribution in [-0.2, 0) is 6.54 Å². The smallest absolute Gasteiger partial charge is 0.311 e. The van der Waals surface area contributed by atoms with Gasteiger partial charge < -0.3 is 10.6 Å². The number of nitrogens with zero attached hydrogens (tertiary/aromatic N) is 4. The molecule has 2 aromatic heterocycles. The third kappa shape index (κ3) is 4.10. The van der Waals surface area contributed by atoms with Crippen molar-refractivity contribution in [3.05, 3.63) is 46.3 Å². The van der Waals surface area contributed by atoms with Crippen LogP contribution in [0.1, 0.15) is 19.0 Å². The highest BCUT2D eigenvalue weighted by atomic mass is 16.6. The Morgan fingerprint density at radius 3 is 2.81 bits per heavy atom. The molecule has 0 radical (unpaired) electrons. The first-order valence-electron chi connectivity index (χ1n) is 6.60. The fraction of sp³-hybridized carbons (Fsp3) is 0.308. The summed E-state index contributed by atoms with van der Waals surface area (Å²) in [7, 11) is 0. The maximum atomic E-state index is 11.0. The highest BCUT2D eigenvalue weighted by Crippen LogP contribution is 2.24. The molecule has 0 fully saturated rings. The Bertz CT molecular complexity index is 605. The van der Waals surface area contributed by atoms with Crippen LogP contribution in [0.2, 0.25) is 0 Å². The first kappa shape index (κ1) is 14.6. The van der Waals surface area contributed by atoms with Gasteiger partial charge in [0.1, 0.15) is 5.82 Å². The van der Waals surface area contributed by atoms with Gasteiger partial charge in [0.05, 0.1) is 17.2 Å². The van der Waals surface area contributed by atoms with E-state index in [1.54, 1.807) is 24.4 Å². The number of anilines is 2. The van der Waals surface area contributed by atoms with Gasteiger partial charge in [0.25, 0.3) is 0 Å². The van der Waals surface area contributed by atoms with Crippen molar-refractivity contribution in [3.8, 4) is 0 Å². The minimum absolute atomic E-state index is 0.0686. The highest BCUT2D eigenvalue weighted by Gasteiger charge is 2.15. The molecule has 0 atom stereocenters. The van der Waals surface area contributed by atoms with Crippen LogP contribution in [0.15, 0.2) is 30.5 Å². The second kappa shape index (κ2) is 7.13. The number of nitro groups is 1. The van der Waals surface area contributed by atoms with Gasteiger partial charge >= 0.3 is 5.69 Å². The lowest BCUT2D eigenvalue weighted by Crippen LogP contribution is -2.09. The molecule has 0 saturated carbocycles. The van der Waals surface area contributed by atoms with Crippen molar-refractivity contribution in [1.82, 2.24) is 15.2 Å². The maximum Gasteiger partial charge on any atom is 0.311 e. The Kier molecular flexibility index (Phi) is 4.97. The van der Waals surface area contributed by atoms with E-state index in [2.05, 4.69) is 25.8 Å². The molecule has 0 saturated heterocycles. The fourth-order valence-corrected chi connectivity index (χ4v) is 1.68. The van der Waals surface area contributed by atoms with Gasteiger partial charge in [-0.3, -0.25) is 10.1 Å². The maximum absolute atomic E-state index is 11.0. The molecule has 0 unspecified atom stereocenters. The van der Waals surface area contributed by atoms with E-state index in [4.69, 9.17) is 0 Å². The third-order valence-corrected chi connectivity index (χ3v) is 2.69. The predicted molar refractivity (Wildman–Crippen MR) is 79.0 cm³/mol. The van der Waals surface area contributed by atoms with Crippen molar-refractivity contribution < 1.29 is 4.92 Å². The van der Waals surface area contributed by atoms with Gasteiger partial charge in [-0.2, -0.15) is 10.2 Å². The predicted octanol–water partition coefficient (Wildman–Crippen LogP) is 2.21. The van der Waals surface area contributed by atoms with Crippen molar-refractivity contribution in [2.75, 3.05) is 17.2 Å². The first-order chi connectivity index (χ1) is 10.2. The van der Waals surface area contributed by atoms with Gasteiger partial charge in [0.2, 0.25) is 5.82 Å². The van der Waals surface area contributed by atoms with Crippen molar-refractivity contribution in [3.63, 3.8) is 0 Å². The van der Waals surface area contributed by atoms with E-state index >= 15 is 0 Å². The molecule has 2 heterocycles. The number of rotatable bonds is 7. The lowest BCUT2D eigenvalue weighted by molar-refractivity contribution is -0.384. The summed E-state index contributed by atoms with van der Waals surface area (Å²) in [5.41, 5.74) is 0.612. The molecule has 8 nitrogen and oxygen atoms in total. The zero-order valence-corrected chi connectivity index (χ0v) is 11.6. The van der Waals surface area contributed by atoms with E-state index < -0.39 is 4.92 Å². The molecule has 8 heteroatoms. The third-order valence-electron chi connectivity index (χ3n) is 2.69. The van der Waals surface area contributed by atoms with Crippen LogP contribution in [0.4, 0.5) is 17.3 Å². The molecular formula is C13H16N6O2. The summed E-state index contributed by atoms with van der Waals surface area (Å²) in [6, 6.07) is 6.57. The summed E-state index contributed by atoms with van der Waals surface area (Å²) >= 11 is 0. The van der Waals surface area contributed by atoms with Gasteiger partial charge in [0.15, 0.2) is 0 Å². The van der Waals surface area contributed by atoms with Crippen LogP contribution < -0.4 is 10.6 Å². The van der Waals surface area contributed by atoms with Crippen LogP contribution in [0.3, 0.4) is 0 Å². The molecule has 0 aliphatic carbocycles. The number of hydrogen-bond acceptors (Lipinski definition) is 7. The van der Waals surface area contributed by atoms with E-state index in [1.807, 2.05) is 6.92 Å². The van der Waals surface area contributed by atoms with Gasteiger partial charge in [-0.15, -0.1) is 0 Å². The topological polar surface area (TPSA) is 106 Å². The molecule has 2 rings (SSSR count). The van der Waals surface area contributed by atoms with Crippen LogP contribution in [0, 0.1) is 10.1 Å². The monoisotopic (exact) mass is 288 g/mol. The summed E-state index contributed by atoms with van der Waals surface area (Å²) in [5.74, 6) is 0.816. The van der Waals surface area contributed by atoms with Gasteiger partial charge in [-0.25, -0.2) is 4.98 Å². The molecule has 2 N–H and O–H groups in total. The summed E-state index contributed by atoms with van der Waals surface area (Å²) in [5, 5.41) is 24.7. The van der Waals surface area contributed by atoms with Crippen molar-refractivity contribution in [1.29, 1.82) is 0 Å². The molecule has 0 aliphatic heterocycles. The van der Waals surface area contributed by atoms with Crippen LogP contribution in [-0.4, -0.2) is 26.6 Å². The normalized spacial score (nSPS) is 10.1. The molecule has 0 aliphatic rings. The van der Waals surface area contributed by atoms with E-state index in [9.17, 15) is 10.1 Å². The number of hydrogen-bond donors (Lipinski definition) is 2. The van der Waals surface area contributed by atoms with E-state index in [0.717, 1.165) is 13.0 Å². The standard InChI is InChI=1S/C13H16N6O2/c1-2-7-14-12-6-5-11(19(20)21)13(17-12)15-9-10-4-3-8-16-18-10/h3-6,8H,2,7,9H2,1H3,(H2,14,15,17). The molecule has 0 bridgehead atoms. The van der Waals surface area contributed by atoms with Gasteiger partial charge in [-0.1, -0.05) is 6.92 Å². The highest BCUT2D eigenvalue weighted by molar-refractivity contribution is 5.60. The Morgan fingerprint density at radius 1 is 1.29 bits per heavy atom. The average molecular weight is 288 g/mol. The molecule has 0 aromatic carbocycles. The quantitative estimate of drug-likeness (QED) is 0.594.